The van der Waals surface area contributed by atoms with Crippen molar-refractivity contribution >= 4 is 6.29 Å². The van der Waals surface area contributed by atoms with Gasteiger partial charge in [0.05, 0.1) is 0 Å². The Labute approximate surface area is 93.5 Å². The summed E-state index contributed by atoms with van der Waals surface area (Å²) in [6, 6.07) is 0. The summed E-state index contributed by atoms with van der Waals surface area (Å²) in [4.78, 5) is 9.74. The van der Waals surface area contributed by atoms with E-state index in [1.807, 2.05) is 0 Å². The SMILES string of the molecule is O=[C-]C(CC(F)(F)F)CC(F)(F)F.[Li+].[OH-]. The summed E-state index contributed by atoms with van der Waals surface area (Å²) in [7, 11) is 0. The van der Waals surface area contributed by atoms with Crippen molar-refractivity contribution in [3.63, 3.8) is 0 Å². The molecule has 1 N–H and O–H groups in total. The van der Waals surface area contributed by atoms with Gasteiger partial charge in [-0.3, -0.25) is 6.29 Å². The molecule has 0 unspecified atom stereocenters. The van der Waals surface area contributed by atoms with Gasteiger partial charge in [0, 0.05) is 12.8 Å². The second-order valence-electron chi connectivity index (χ2n) is 2.45. The van der Waals surface area contributed by atoms with E-state index in [9.17, 15) is 31.1 Å². The van der Waals surface area contributed by atoms with Crippen LogP contribution in [0.25, 0.3) is 0 Å². The number of rotatable bonds is 3. The van der Waals surface area contributed by atoms with Gasteiger partial charge in [0.15, 0.2) is 0 Å². The fourth-order valence-electron chi connectivity index (χ4n) is 0.714. The molecule has 9 heteroatoms. The van der Waals surface area contributed by atoms with Crippen LogP contribution in [0.3, 0.4) is 0 Å². The van der Waals surface area contributed by atoms with E-state index in [2.05, 4.69) is 0 Å². The van der Waals surface area contributed by atoms with Crippen LogP contribution in [-0.4, -0.2) is 24.1 Å². The maximum Gasteiger partial charge on any atom is 1.00 e. The quantitative estimate of drug-likeness (QED) is 0.371. The van der Waals surface area contributed by atoms with E-state index in [0.717, 1.165) is 6.29 Å². The Morgan fingerprint density at radius 1 is 0.933 bits per heavy atom. The van der Waals surface area contributed by atoms with Crippen LogP contribution in [0.4, 0.5) is 26.3 Å². The molecule has 0 radical (unpaired) electrons. The predicted octanol–water partition coefficient (Wildman–Crippen LogP) is -0.556. The molecule has 15 heavy (non-hydrogen) atoms. The third kappa shape index (κ3) is 13.8. The fourth-order valence-corrected chi connectivity index (χ4v) is 0.714. The average Bonchev–Trinajstić information content (AvgIpc) is 1.79. The Balaban J connectivity index is -0.000000720. The second-order valence-corrected chi connectivity index (χ2v) is 2.45. The van der Waals surface area contributed by atoms with Gasteiger partial charge in [-0.05, 0) is 0 Å². The molecule has 0 aromatic heterocycles. The molecular weight excluding hydrogens is 225 g/mol. The molecule has 0 amide bonds. The molecule has 0 aliphatic heterocycles. The molecule has 0 bridgehead atoms. The van der Waals surface area contributed by atoms with Crippen LogP contribution < -0.4 is 18.9 Å². The van der Waals surface area contributed by atoms with Crippen molar-refractivity contribution in [2.45, 2.75) is 25.2 Å². The molecule has 0 aromatic carbocycles. The van der Waals surface area contributed by atoms with E-state index in [1.54, 1.807) is 0 Å². The second kappa shape index (κ2) is 7.14. The molecule has 0 atom stereocenters. The molecule has 0 aliphatic rings. The first-order valence-corrected chi connectivity index (χ1v) is 3.15. The van der Waals surface area contributed by atoms with Crippen molar-refractivity contribution in [2.75, 3.05) is 0 Å². The topological polar surface area (TPSA) is 47.1 Å². The Morgan fingerprint density at radius 3 is 1.33 bits per heavy atom. The summed E-state index contributed by atoms with van der Waals surface area (Å²) in [5, 5.41) is 0. The molecule has 0 heterocycles. The minimum absolute atomic E-state index is 0. The Morgan fingerprint density at radius 2 is 1.20 bits per heavy atom. The van der Waals surface area contributed by atoms with E-state index in [4.69, 9.17) is 0 Å². The van der Waals surface area contributed by atoms with Gasteiger partial charge in [0.25, 0.3) is 0 Å². The zero-order chi connectivity index (χ0) is 10.7. The van der Waals surface area contributed by atoms with Crippen molar-refractivity contribution in [1.82, 2.24) is 0 Å². The van der Waals surface area contributed by atoms with Crippen LogP contribution in [0.15, 0.2) is 0 Å². The largest absolute Gasteiger partial charge is 1.00 e. The van der Waals surface area contributed by atoms with Gasteiger partial charge in [-0.25, -0.2) is 0 Å². The molecule has 86 valence electrons. The molecule has 0 saturated carbocycles. The summed E-state index contributed by atoms with van der Waals surface area (Å²) >= 11 is 0. The summed E-state index contributed by atoms with van der Waals surface area (Å²) in [6.45, 7) is 0. The van der Waals surface area contributed by atoms with E-state index >= 15 is 0 Å². The average molecular weight is 231 g/mol. The van der Waals surface area contributed by atoms with Gasteiger partial charge in [0.1, 0.15) is 0 Å². The predicted molar refractivity (Wildman–Crippen MR) is 32.5 cm³/mol. The minimum atomic E-state index is -4.77. The maximum absolute atomic E-state index is 11.5. The molecule has 0 spiro atoms. The number of halogens is 6. The third-order valence-corrected chi connectivity index (χ3v) is 1.12. The molecule has 0 fully saturated rings. The molecule has 0 aliphatic carbocycles. The van der Waals surface area contributed by atoms with E-state index < -0.39 is 31.1 Å². The van der Waals surface area contributed by atoms with Gasteiger partial charge in [-0.15, -0.1) is 5.92 Å². The number of carbonyl (C=O) groups excluding carboxylic acids is 1. The first-order chi connectivity index (χ1) is 5.64. The minimum Gasteiger partial charge on any atom is -0.870 e. The zero-order valence-electron chi connectivity index (χ0n) is 7.61. The van der Waals surface area contributed by atoms with E-state index in [1.165, 1.54) is 0 Å². The molecule has 0 aromatic rings. The molecule has 0 saturated heterocycles. The Kier molecular flexibility index (Phi) is 9.64. The molecular formula is C6H6F6LiO2-. The number of hydrogen-bond acceptors (Lipinski definition) is 2. The van der Waals surface area contributed by atoms with Gasteiger partial charge in [-0.2, -0.15) is 26.3 Å². The maximum atomic E-state index is 11.5. The van der Waals surface area contributed by atoms with E-state index in [0.29, 0.717) is 0 Å². The van der Waals surface area contributed by atoms with Crippen molar-refractivity contribution in [1.29, 1.82) is 0 Å². The fraction of sp³-hybridized carbons (Fsp3) is 0.833. The standard InChI is InChI=1S/C6H5F6O.Li.H2O/c7-5(8,9)1-4(3-13)2-6(10,11)12;;/h4H,1-2H2;;1H2/q-1;+1;/p-1. The van der Waals surface area contributed by atoms with Gasteiger partial charge >= 0.3 is 31.2 Å². The number of hydrogen-bond donors (Lipinski definition) is 0. The van der Waals surface area contributed by atoms with Crippen LogP contribution >= 0.6 is 0 Å². The summed E-state index contributed by atoms with van der Waals surface area (Å²) in [6.07, 6.45) is -12.4. The van der Waals surface area contributed by atoms with Crippen LogP contribution in [0, 0.1) is 5.92 Å². The van der Waals surface area contributed by atoms with Gasteiger partial charge in [0.2, 0.25) is 0 Å². The summed E-state index contributed by atoms with van der Waals surface area (Å²) in [5.74, 6) is -2.15. The molecule has 0 rings (SSSR count). The van der Waals surface area contributed by atoms with Crippen molar-refractivity contribution in [3.8, 4) is 0 Å². The van der Waals surface area contributed by atoms with Crippen LogP contribution in [-0.2, 0) is 4.79 Å². The van der Waals surface area contributed by atoms with Crippen molar-refractivity contribution < 1.29 is 55.5 Å². The summed E-state index contributed by atoms with van der Waals surface area (Å²) in [5.41, 5.74) is 0. The molecule has 2 nitrogen and oxygen atoms in total. The van der Waals surface area contributed by atoms with Gasteiger partial charge < -0.3 is 10.3 Å². The van der Waals surface area contributed by atoms with Crippen molar-refractivity contribution in [2.24, 2.45) is 5.92 Å². The summed E-state index contributed by atoms with van der Waals surface area (Å²) < 4.78 is 69.1. The number of alkyl halides is 6. The normalized spacial score (nSPS) is 11.7. The monoisotopic (exact) mass is 231 g/mol. The Bertz CT molecular complexity index is 161. The first kappa shape index (κ1) is 20.2. The van der Waals surface area contributed by atoms with Crippen LogP contribution in [0.2, 0.25) is 0 Å². The van der Waals surface area contributed by atoms with E-state index in [-0.39, 0.29) is 24.3 Å². The smallest absolute Gasteiger partial charge is 0.870 e. The van der Waals surface area contributed by atoms with Crippen LogP contribution in [0.5, 0.6) is 0 Å². The first-order valence-electron chi connectivity index (χ1n) is 3.15. The third-order valence-electron chi connectivity index (χ3n) is 1.12. The Hall–Kier alpha value is -0.193. The van der Waals surface area contributed by atoms with Crippen LogP contribution in [0.1, 0.15) is 12.8 Å². The zero-order valence-corrected chi connectivity index (χ0v) is 7.61. The van der Waals surface area contributed by atoms with Crippen molar-refractivity contribution in [3.05, 3.63) is 0 Å². The van der Waals surface area contributed by atoms with Gasteiger partial charge in [-0.1, -0.05) is 0 Å².